The van der Waals surface area contributed by atoms with Crippen LogP contribution < -0.4 is 5.56 Å². The van der Waals surface area contributed by atoms with Crippen molar-refractivity contribution < 1.29 is 0 Å². The predicted octanol–water partition coefficient (Wildman–Crippen LogP) is 3.38. The second kappa shape index (κ2) is 6.09. The van der Waals surface area contributed by atoms with Crippen LogP contribution in [0.1, 0.15) is 11.4 Å². The number of rotatable bonds is 4. The Hall–Kier alpha value is -1.50. The Morgan fingerprint density at radius 2 is 2.14 bits per heavy atom. The fourth-order valence-corrected chi connectivity index (χ4v) is 3.46. The van der Waals surface area contributed by atoms with Gasteiger partial charge >= 0.3 is 0 Å². The summed E-state index contributed by atoms with van der Waals surface area (Å²) in [5.74, 6) is 0.690. The summed E-state index contributed by atoms with van der Waals surface area (Å²) in [6.45, 7) is 1.42. The van der Waals surface area contributed by atoms with Gasteiger partial charge in [0.1, 0.15) is 5.82 Å². The molecule has 1 N–H and O–H groups in total. The van der Waals surface area contributed by atoms with E-state index in [1.807, 2.05) is 25.2 Å². The Morgan fingerprint density at radius 3 is 2.90 bits per heavy atom. The van der Waals surface area contributed by atoms with Crippen LogP contribution in [-0.4, -0.2) is 21.9 Å². The van der Waals surface area contributed by atoms with Gasteiger partial charge in [-0.15, -0.1) is 11.3 Å². The molecule has 0 saturated carbocycles. The molecule has 0 aliphatic rings. The standard InChI is InChI=1S/C15H14BrN3OS/c1-19(7-10-6-13(16)21-9-10)8-14-17-12-5-3-2-4-11(12)15(20)18-14/h2-6,9H,7-8H2,1H3,(H,17,18,20). The molecule has 0 radical (unpaired) electrons. The zero-order valence-corrected chi connectivity index (χ0v) is 13.9. The summed E-state index contributed by atoms with van der Waals surface area (Å²) < 4.78 is 1.13. The van der Waals surface area contributed by atoms with Crippen molar-refractivity contribution in [3.63, 3.8) is 0 Å². The number of thiophene rings is 1. The minimum absolute atomic E-state index is 0.0812. The number of hydrogen-bond donors (Lipinski definition) is 1. The number of halogens is 1. The quantitative estimate of drug-likeness (QED) is 0.772. The number of hydrogen-bond acceptors (Lipinski definition) is 4. The Morgan fingerprint density at radius 1 is 1.33 bits per heavy atom. The van der Waals surface area contributed by atoms with E-state index in [1.54, 1.807) is 17.4 Å². The van der Waals surface area contributed by atoms with Gasteiger partial charge < -0.3 is 4.98 Å². The summed E-state index contributed by atoms with van der Waals surface area (Å²) in [6.07, 6.45) is 0. The Kier molecular flexibility index (Phi) is 4.19. The van der Waals surface area contributed by atoms with Gasteiger partial charge in [-0.3, -0.25) is 9.69 Å². The summed E-state index contributed by atoms with van der Waals surface area (Å²) in [5, 5.41) is 2.75. The van der Waals surface area contributed by atoms with Crippen LogP contribution in [0, 0.1) is 0 Å². The maximum atomic E-state index is 12.0. The number of nitrogens with zero attached hydrogens (tertiary/aromatic N) is 2. The lowest BCUT2D eigenvalue weighted by Gasteiger charge is -2.15. The molecular formula is C15H14BrN3OS. The van der Waals surface area contributed by atoms with Gasteiger partial charge in [0.15, 0.2) is 0 Å². The lowest BCUT2D eigenvalue weighted by Crippen LogP contribution is -2.21. The molecule has 0 spiro atoms. The first-order valence-electron chi connectivity index (χ1n) is 6.51. The van der Waals surface area contributed by atoms with Gasteiger partial charge in [-0.1, -0.05) is 12.1 Å². The molecule has 6 heteroatoms. The number of para-hydroxylation sites is 1. The zero-order chi connectivity index (χ0) is 14.8. The largest absolute Gasteiger partial charge is 0.309 e. The molecular weight excluding hydrogens is 350 g/mol. The van der Waals surface area contributed by atoms with Crippen molar-refractivity contribution in [3.05, 3.63) is 61.2 Å². The summed E-state index contributed by atoms with van der Waals surface area (Å²) in [5.41, 5.74) is 1.91. The van der Waals surface area contributed by atoms with Crippen LogP contribution >= 0.6 is 27.3 Å². The average molecular weight is 364 g/mol. The van der Waals surface area contributed by atoms with E-state index in [1.165, 1.54) is 5.56 Å². The molecule has 0 fully saturated rings. The third-order valence-corrected chi connectivity index (χ3v) is 4.71. The van der Waals surface area contributed by atoms with E-state index in [9.17, 15) is 4.79 Å². The molecule has 1 aromatic carbocycles. The molecule has 0 unspecified atom stereocenters. The first kappa shape index (κ1) is 14.4. The van der Waals surface area contributed by atoms with Crippen molar-refractivity contribution in [2.24, 2.45) is 0 Å². The number of nitrogens with one attached hydrogen (secondary N) is 1. The molecule has 3 aromatic rings. The summed E-state index contributed by atoms with van der Waals surface area (Å²) in [6, 6.07) is 9.50. The fourth-order valence-electron chi connectivity index (χ4n) is 2.26. The molecule has 108 valence electrons. The van der Waals surface area contributed by atoms with Gasteiger partial charge in [-0.05, 0) is 52.1 Å². The third-order valence-electron chi connectivity index (χ3n) is 3.16. The predicted molar refractivity (Wildman–Crippen MR) is 89.6 cm³/mol. The van der Waals surface area contributed by atoms with E-state index in [4.69, 9.17) is 0 Å². The van der Waals surface area contributed by atoms with Gasteiger partial charge in [-0.2, -0.15) is 0 Å². The van der Waals surface area contributed by atoms with Crippen LogP contribution in [0.4, 0.5) is 0 Å². The van der Waals surface area contributed by atoms with Crippen molar-refractivity contribution in [1.82, 2.24) is 14.9 Å². The highest BCUT2D eigenvalue weighted by molar-refractivity contribution is 9.11. The molecule has 2 heterocycles. The van der Waals surface area contributed by atoms with Crippen LogP contribution in [0.2, 0.25) is 0 Å². The van der Waals surface area contributed by atoms with Crippen LogP contribution in [-0.2, 0) is 13.1 Å². The molecule has 3 rings (SSSR count). The van der Waals surface area contributed by atoms with E-state index < -0.39 is 0 Å². The Bertz CT molecular complexity index is 827. The van der Waals surface area contributed by atoms with E-state index in [0.29, 0.717) is 17.8 Å². The Balaban J connectivity index is 1.79. The van der Waals surface area contributed by atoms with Gasteiger partial charge in [0.05, 0.1) is 21.2 Å². The lowest BCUT2D eigenvalue weighted by atomic mass is 10.2. The Labute approximate surface area is 134 Å². The first-order chi connectivity index (χ1) is 10.1. The molecule has 0 bridgehead atoms. The van der Waals surface area contributed by atoms with Gasteiger partial charge in [0, 0.05) is 6.54 Å². The maximum Gasteiger partial charge on any atom is 0.258 e. The number of aromatic amines is 1. The highest BCUT2D eigenvalue weighted by Gasteiger charge is 2.07. The molecule has 0 aliphatic heterocycles. The van der Waals surface area contributed by atoms with Crippen LogP contribution in [0.5, 0.6) is 0 Å². The van der Waals surface area contributed by atoms with Crippen LogP contribution in [0.3, 0.4) is 0 Å². The first-order valence-corrected chi connectivity index (χ1v) is 8.18. The molecule has 0 saturated heterocycles. The normalized spacial score (nSPS) is 11.4. The monoisotopic (exact) mass is 363 g/mol. The third kappa shape index (κ3) is 3.40. The lowest BCUT2D eigenvalue weighted by molar-refractivity contribution is 0.311. The van der Waals surface area contributed by atoms with Crippen molar-refractivity contribution in [1.29, 1.82) is 0 Å². The van der Waals surface area contributed by atoms with Gasteiger partial charge in [0.2, 0.25) is 0 Å². The van der Waals surface area contributed by atoms with Crippen molar-refractivity contribution in [3.8, 4) is 0 Å². The molecule has 21 heavy (non-hydrogen) atoms. The second-order valence-corrected chi connectivity index (χ2v) is 7.25. The molecule has 0 aliphatic carbocycles. The number of H-pyrrole nitrogens is 1. The number of fused-ring (bicyclic) bond motifs is 1. The summed E-state index contributed by atoms with van der Waals surface area (Å²) >= 11 is 5.14. The number of benzene rings is 1. The minimum Gasteiger partial charge on any atom is -0.309 e. The molecule has 0 atom stereocenters. The van der Waals surface area contributed by atoms with E-state index >= 15 is 0 Å². The molecule has 2 aromatic heterocycles. The average Bonchev–Trinajstić information content (AvgIpc) is 2.84. The SMILES string of the molecule is CN(Cc1csc(Br)c1)Cc1nc2ccccc2c(=O)[nH]1. The second-order valence-electron chi connectivity index (χ2n) is 4.96. The molecule has 0 amide bonds. The van der Waals surface area contributed by atoms with Gasteiger partial charge in [0.25, 0.3) is 5.56 Å². The summed E-state index contributed by atoms with van der Waals surface area (Å²) in [4.78, 5) is 21.5. The van der Waals surface area contributed by atoms with Crippen LogP contribution in [0.15, 0.2) is 44.3 Å². The topological polar surface area (TPSA) is 49.0 Å². The van der Waals surface area contributed by atoms with Crippen molar-refractivity contribution in [2.45, 2.75) is 13.1 Å². The van der Waals surface area contributed by atoms with Crippen molar-refractivity contribution in [2.75, 3.05) is 7.05 Å². The van der Waals surface area contributed by atoms with Gasteiger partial charge in [-0.25, -0.2) is 4.98 Å². The van der Waals surface area contributed by atoms with E-state index in [0.717, 1.165) is 15.8 Å². The highest BCUT2D eigenvalue weighted by atomic mass is 79.9. The van der Waals surface area contributed by atoms with Crippen LogP contribution in [0.25, 0.3) is 10.9 Å². The maximum absolute atomic E-state index is 12.0. The fraction of sp³-hybridized carbons (Fsp3) is 0.200. The van der Waals surface area contributed by atoms with E-state index in [-0.39, 0.29) is 5.56 Å². The molecule has 4 nitrogen and oxygen atoms in total. The minimum atomic E-state index is -0.0812. The smallest absolute Gasteiger partial charge is 0.258 e. The van der Waals surface area contributed by atoms with Crippen molar-refractivity contribution >= 4 is 38.2 Å². The summed E-state index contributed by atoms with van der Waals surface area (Å²) in [7, 11) is 2.01. The highest BCUT2D eigenvalue weighted by Crippen LogP contribution is 2.21. The van der Waals surface area contributed by atoms with E-state index in [2.05, 4.69) is 42.2 Å². The number of aromatic nitrogens is 2. The zero-order valence-electron chi connectivity index (χ0n) is 11.5.